The van der Waals surface area contributed by atoms with Crippen LogP contribution in [-0.2, 0) is 6.61 Å². The zero-order valence-electron chi connectivity index (χ0n) is 12.1. The highest BCUT2D eigenvalue weighted by Gasteiger charge is 2.05. The van der Waals surface area contributed by atoms with E-state index in [2.05, 4.69) is 48.7 Å². The van der Waals surface area contributed by atoms with E-state index in [1.54, 1.807) is 11.3 Å². The van der Waals surface area contributed by atoms with Gasteiger partial charge in [-0.2, -0.15) is 0 Å². The van der Waals surface area contributed by atoms with Crippen LogP contribution in [0.4, 0.5) is 0 Å². The van der Waals surface area contributed by atoms with Gasteiger partial charge in [-0.15, -0.1) is 11.3 Å². The molecule has 108 valence electrons. The van der Waals surface area contributed by atoms with Crippen LogP contribution in [0.5, 0.6) is 5.75 Å². The molecule has 3 aromatic rings. The second kappa shape index (κ2) is 6.29. The highest BCUT2D eigenvalue weighted by Crippen LogP contribution is 2.27. The summed E-state index contributed by atoms with van der Waals surface area (Å²) in [5.74, 6) is 0.886. The lowest BCUT2D eigenvalue weighted by molar-refractivity contribution is 0.308. The van der Waals surface area contributed by atoms with Gasteiger partial charge in [-0.3, -0.25) is 0 Å². The van der Waals surface area contributed by atoms with Gasteiger partial charge >= 0.3 is 0 Å². The smallest absolute Gasteiger partial charge is 0.119 e. The van der Waals surface area contributed by atoms with Crippen molar-refractivity contribution in [3.05, 3.63) is 65.0 Å². The van der Waals surface area contributed by atoms with Crippen LogP contribution in [0.3, 0.4) is 0 Å². The van der Waals surface area contributed by atoms with Crippen molar-refractivity contribution in [2.45, 2.75) is 26.0 Å². The summed E-state index contributed by atoms with van der Waals surface area (Å²) in [6, 6.07) is 16.6. The van der Waals surface area contributed by atoms with Crippen LogP contribution in [-0.4, -0.2) is 0 Å². The number of nitrogens with two attached hydrogens (primary N) is 1. The molecule has 2 N–H and O–H groups in total. The summed E-state index contributed by atoms with van der Waals surface area (Å²) in [6.45, 7) is 2.69. The molecule has 3 rings (SSSR count). The molecule has 0 fully saturated rings. The van der Waals surface area contributed by atoms with Crippen LogP contribution in [0, 0.1) is 0 Å². The van der Waals surface area contributed by atoms with Crippen molar-refractivity contribution >= 4 is 21.4 Å². The van der Waals surface area contributed by atoms with Crippen LogP contribution in [0.15, 0.2) is 53.9 Å². The first-order chi connectivity index (χ1) is 10.3. The molecule has 0 aliphatic carbocycles. The molecule has 0 amide bonds. The average molecular weight is 297 g/mol. The number of fused-ring (bicyclic) bond motifs is 1. The van der Waals surface area contributed by atoms with Crippen molar-refractivity contribution < 1.29 is 4.74 Å². The summed E-state index contributed by atoms with van der Waals surface area (Å²) in [7, 11) is 0. The third-order valence-electron chi connectivity index (χ3n) is 3.70. The van der Waals surface area contributed by atoms with E-state index in [9.17, 15) is 0 Å². The Morgan fingerprint density at radius 3 is 2.62 bits per heavy atom. The van der Waals surface area contributed by atoms with E-state index in [1.807, 2.05) is 12.1 Å². The third-order valence-corrected chi connectivity index (χ3v) is 4.72. The van der Waals surface area contributed by atoms with Gasteiger partial charge in [-0.1, -0.05) is 37.3 Å². The number of ether oxygens (including phenoxy) is 1. The van der Waals surface area contributed by atoms with E-state index < -0.39 is 0 Å². The molecule has 21 heavy (non-hydrogen) atoms. The predicted octanol–water partition coefficient (Wildman–Crippen LogP) is 4.89. The van der Waals surface area contributed by atoms with Crippen molar-refractivity contribution in [1.29, 1.82) is 0 Å². The van der Waals surface area contributed by atoms with E-state index >= 15 is 0 Å². The van der Waals surface area contributed by atoms with Crippen LogP contribution < -0.4 is 10.5 Å². The summed E-state index contributed by atoms with van der Waals surface area (Å²) in [5.41, 5.74) is 8.42. The summed E-state index contributed by atoms with van der Waals surface area (Å²) in [4.78, 5) is 0. The highest BCUT2D eigenvalue weighted by molar-refractivity contribution is 7.17. The van der Waals surface area contributed by atoms with Gasteiger partial charge in [-0.05, 0) is 40.9 Å². The van der Waals surface area contributed by atoms with Gasteiger partial charge in [0.25, 0.3) is 0 Å². The normalized spacial score (nSPS) is 12.5. The number of rotatable bonds is 5. The minimum absolute atomic E-state index is 0.111. The molecular formula is C18H19NOS. The Morgan fingerprint density at radius 1 is 1.10 bits per heavy atom. The van der Waals surface area contributed by atoms with E-state index in [4.69, 9.17) is 10.5 Å². The molecule has 0 aliphatic rings. The van der Waals surface area contributed by atoms with Gasteiger partial charge < -0.3 is 10.5 Å². The molecule has 0 radical (unpaired) electrons. The minimum Gasteiger partial charge on any atom is -0.489 e. The first-order valence-electron chi connectivity index (χ1n) is 7.21. The molecule has 0 aliphatic heterocycles. The average Bonchev–Trinajstić information content (AvgIpc) is 2.96. The second-order valence-electron chi connectivity index (χ2n) is 5.13. The largest absolute Gasteiger partial charge is 0.489 e. The Labute approximate surface area is 129 Å². The Balaban J connectivity index is 1.70. The lowest BCUT2D eigenvalue weighted by Gasteiger charge is -2.10. The Morgan fingerprint density at radius 2 is 1.86 bits per heavy atom. The molecular weight excluding hydrogens is 278 g/mol. The summed E-state index contributed by atoms with van der Waals surface area (Å²) >= 11 is 1.76. The Bertz CT molecular complexity index is 717. The van der Waals surface area contributed by atoms with E-state index in [0.29, 0.717) is 6.61 Å². The maximum Gasteiger partial charge on any atom is 0.119 e. The monoisotopic (exact) mass is 297 g/mol. The number of thiophene rings is 1. The van der Waals surface area contributed by atoms with Crippen LogP contribution in [0.1, 0.15) is 30.5 Å². The quantitative estimate of drug-likeness (QED) is 0.727. The van der Waals surface area contributed by atoms with E-state index in [-0.39, 0.29) is 6.04 Å². The topological polar surface area (TPSA) is 35.2 Å². The van der Waals surface area contributed by atoms with Crippen molar-refractivity contribution in [2.75, 3.05) is 0 Å². The highest BCUT2D eigenvalue weighted by atomic mass is 32.1. The number of benzene rings is 2. The zero-order chi connectivity index (χ0) is 14.7. The first kappa shape index (κ1) is 14.1. The number of hydrogen-bond acceptors (Lipinski definition) is 3. The Kier molecular flexibility index (Phi) is 4.23. The lowest BCUT2D eigenvalue weighted by Crippen LogP contribution is -2.08. The van der Waals surface area contributed by atoms with Crippen molar-refractivity contribution in [1.82, 2.24) is 0 Å². The van der Waals surface area contributed by atoms with Crippen LogP contribution >= 0.6 is 11.3 Å². The van der Waals surface area contributed by atoms with E-state index in [1.165, 1.54) is 15.6 Å². The van der Waals surface area contributed by atoms with Gasteiger partial charge in [-0.25, -0.2) is 0 Å². The number of hydrogen-bond donors (Lipinski definition) is 1. The van der Waals surface area contributed by atoms with E-state index in [0.717, 1.165) is 17.7 Å². The van der Waals surface area contributed by atoms with Crippen LogP contribution in [0.2, 0.25) is 0 Å². The molecule has 1 atom stereocenters. The van der Waals surface area contributed by atoms with Gasteiger partial charge in [0, 0.05) is 16.3 Å². The fraction of sp³-hybridized carbons (Fsp3) is 0.222. The molecule has 0 spiro atoms. The van der Waals surface area contributed by atoms with Crippen molar-refractivity contribution in [3.63, 3.8) is 0 Å². The molecule has 2 aromatic carbocycles. The molecule has 0 saturated carbocycles. The Hall–Kier alpha value is -1.84. The molecule has 3 heteroatoms. The van der Waals surface area contributed by atoms with Crippen molar-refractivity contribution in [3.8, 4) is 5.75 Å². The SMILES string of the molecule is CC[C@H](N)c1ccc(OCc2csc3ccccc23)cc1. The summed E-state index contributed by atoms with van der Waals surface area (Å²) < 4.78 is 7.20. The fourth-order valence-electron chi connectivity index (χ4n) is 2.35. The molecule has 0 saturated heterocycles. The van der Waals surface area contributed by atoms with Crippen LogP contribution in [0.25, 0.3) is 10.1 Å². The summed E-state index contributed by atoms with van der Waals surface area (Å²) in [5, 5.41) is 3.46. The first-order valence-corrected chi connectivity index (χ1v) is 8.09. The lowest BCUT2D eigenvalue weighted by atomic mass is 10.1. The van der Waals surface area contributed by atoms with Gasteiger partial charge in [0.2, 0.25) is 0 Å². The maximum absolute atomic E-state index is 6.02. The fourth-order valence-corrected chi connectivity index (χ4v) is 3.30. The molecule has 2 nitrogen and oxygen atoms in total. The minimum atomic E-state index is 0.111. The summed E-state index contributed by atoms with van der Waals surface area (Å²) in [6.07, 6.45) is 0.946. The third kappa shape index (κ3) is 3.09. The van der Waals surface area contributed by atoms with Gasteiger partial charge in [0.15, 0.2) is 0 Å². The molecule has 0 unspecified atom stereocenters. The molecule has 1 aromatic heterocycles. The standard InChI is InChI=1S/C18H19NOS/c1-2-17(19)13-7-9-15(10-8-13)20-11-14-12-21-18-6-4-3-5-16(14)18/h3-10,12,17H,2,11,19H2,1H3/t17-/m0/s1. The second-order valence-corrected chi connectivity index (χ2v) is 6.04. The van der Waals surface area contributed by atoms with Crippen molar-refractivity contribution in [2.24, 2.45) is 5.73 Å². The molecule has 1 heterocycles. The van der Waals surface area contributed by atoms with Gasteiger partial charge in [0.05, 0.1) is 0 Å². The van der Waals surface area contributed by atoms with Gasteiger partial charge in [0.1, 0.15) is 12.4 Å². The zero-order valence-corrected chi connectivity index (χ0v) is 12.9. The predicted molar refractivity (Wildman–Crippen MR) is 89.8 cm³/mol. The molecule has 0 bridgehead atoms. The maximum atomic E-state index is 6.02.